The van der Waals surface area contributed by atoms with Crippen LogP contribution in [0.5, 0.6) is 0 Å². The molecule has 0 spiro atoms. The second-order valence-corrected chi connectivity index (χ2v) is 10.9. The van der Waals surface area contributed by atoms with E-state index >= 15 is 4.39 Å². The van der Waals surface area contributed by atoms with Gasteiger partial charge in [-0.3, -0.25) is 9.59 Å². The monoisotopic (exact) mass is 554 g/mol. The first kappa shape index (κ1) is 23.3. The van der Waals surface area contributed by atoms with Crippen molar-refractivity contribution in [1.29, 1.82) is 0 Å². The number of H-pyrrole nitrogens is 1. The van der Waals surface area contributed by atoms with Gasteiger partial charge >= 0.3 is 0 Å². The molecular formula is C28H20ClFN8O2. The molecule has 3 unspecified atom stereocenters. The normalized spacial score (nSPS) is 20.6. The third-order valence-corrected chi connectivity index (χ3v) is 8.33. The number of aromatic nitrogens is 7. The quantitative estimate of drug-likeness (QED) is 0.342. The summed E-state index contributed by atoms with van der Waals surface area (Å²) in [5.74, 6) is 0.186. The van der Waals surface area contributed by atoms with Crippen LogP contribution in [0.1, 0.15) is 41.9 Å². The number of aryl methyl sites for hydroxylation is 1. The van der Waals surface area contributed by atoms with Gasteiger partial charge < -0.3 is 14.9 Å². The molecule has 198 valence electrons. The van der Waals surface area contributed by atoms with E-state index in [9.17, 15) is 9.59 Å². The first-order valence-corrected chi connectivity index (χ1v) is 13.3. The number of anilines is 1. The average molecular weight is 555 g/mol. The Morgan fingerprint density at radius 3 is 2.77 bits per heavy atom. The Hall–Kier alpha value is -4.64. The number of tetrazole rings is 1. The molecule has 2 aliphatic heterocycles. The Bertz CT molecular complexity index is 1910. The molecule has 0 radical (unpaired) electrons. The number of carbonyl (C=O) groups excluding carboxylic acids is 1. The van der Waals surface area contributed by atoms with E-state index in [1.165, 1.54) is 11.0 Å². The van der Waals surface area contributed by atoms with Crippen LogP contribution in [0.2, 0.25) is 5.02 Å². The molecule has 8 rings (SSSR count). The minimum atomic E-state index is -0.546. The van der Waals surface area contributed by atoms with Crippen LogP contribution in [0.25, 0.3) is 28.1 Å². The van der Waals surface area contributed by atoms with Gasteiger partial charge in [0.1, 0.15) is 17.8 Å². The second kappa shape index (κ2) is 8.43. The van der Waals surface area contributed by atoms with Crippen molar-refractivity contribution in [3.8, 4) is 28.1 Å². The number of benzene rings is 2. The maximum atomic E-state index is 15.3. The van der Waals surface area contributed by atoms with Crippen LogP contribution in [0, 0.1) is 11.9 Å². The molecule has 1 fully saturated rings. The number of imidazole rings is 1. The van der Waals surface area contributed by atoms with Gasteiger partial charge in [-0.05, 0) is 76.7 Å². The van der Waals surface area contributed by atoms with Crippen molar-refractivity contribution in [3.63, 3.8) is 0 Å². The van der Waals surface area contributed by atoms with Gasteiger partial charge in [-0.2, -0.15) is 9.07 Å². The van der Waals surface area contributed by atoms with E-state index in [0.29, 0.717) is 40.5 Å². The van der Waals surface area contributed by atoms with Gasteiger partial charge in [-0.1, -0.05) is 17.7 Å². The molecule has 2 N–H and O–H groups in total. The van der Waals surface area contributed by atoms with Crippen molar-refractivity contribution < 1.29 is 9.18 Å². The fourth-order valence-electron chi connectivity index (χ4n) is 6.20. The van der Waals surface area contributed by atoms with Crippen molar-refractivity contribution in [1.82, 2.24) is 34.7 Å². The summed E-state index contributed by atoms with van der Waals surface area (Å²) in [6.45, 7) is 0. The molecule has 3 aliphatic rings. The second-order valence-electron chi connectivity index (χ2n) is 10.4. The molecule has 3 aromatic heterocycles. The number of carbonyl (C=O) groups is 1. The average Bonchev–Trinajstić information content (AvgIpc) is 3.24. The molecule has 0 saturated heterocycles. The lowest BCUT2D eigenvalue weighted by Gasteiger charge is -2.18. The SMILES string of the molecule is O=C1CCc2cc(-c3nc(C4C5CC5c5cc(-c6cc(Cl)ccc6-n6cnnn6)cc(=O)n54)[nH]c3F)ccc2N1. The lowest BCUT2D eigenvalue weighted by atomic mass is 9.99. The maximum Gasteiger partial charge on any atom is 0.252 e. The molecule has 40 heavy (non-hydrogen) atoms. The zero-order valence-electron chi connectivity index (χ0n) is 20.8. The van der Waals surface area contributed by atoms with Gasteiger partial charge in [-0.25, -0.2) is 4.98 Å². The predicted molar refractivity (Wildman–Crippen MR) is 144 cm³/mol. The lowest BCUT2D eigenvalue weighted by Crippen LogP contribution is -2.26. The highest BCUT2D eigenvalue weighted by molar-refractivity contribution is 6.31. The lowest BCUT2D eigenvalue weighted by molar-refractivity contribution is -0.116. The van der Waals surface area contributed by atoms with Crippen molar-refractivity contribution >= 4 is 23.2 Å². The van der Waals surface area contributed by atoms with Crippen molar-refractivity contribution in [2.45, 2.75) is 31.2 Å². The molecule has 1 aliphatic carbocycles. The summed E-state index contributed by atoms with van der Waals surface area (Å²) in [7, 11) is 0. The zero-order valence-corrected chi connectivity index (χ0v) is 21.6. The molecule has 5 heterocycles. The predicted octanol–water partition coefficient (Wildman–Crippen LogP) is 4.26. The smallest absolute Gasteiger partial charge is 0.252 e. The van der Waals surface area contributed by atoms with Gasteiger partial charge in [0.15, 0.2) is 0 Å². The van der Waals surface area contributed by atoms with E-state index < -0.39 is 5.95 Å². The number of nitrogens with zero attached hydrogens (tertiary/aromatic N) is 6. The molecule has 1 saturated carbocycles. The molecule has 2 aromatic carbocycles. The zero-order chi connectivity index (χ0) is 27.1. The molecule has 12 heteroatoms. The Morgan fingerprint density at radius 2 is 1.93 bits per heavy atom. The summed E-state index contributed by atoms with van der Waals surface area (Å²) in [6, 6.07) is 13.9. The van der Waals surface area contributed by atoms with E-state index in [1.807, 2.05) is 18.2 Å². The van der Waals surface area contributed by atoms with E-state index in [4.69, 9.17) is 11.6 Å². The third kappa shape index (κ3) is 3.54. The minimum absolute atomic E-state index is 0.0250. The number of aromatic amines is 1. The summed E-state index contributed by atoms with van der Waals surface area (Å²) in [6.07, 6.45) is 3.36. The van der Waals surface area contributed by atoms with E-state index in [1.54, 1.807) is 34.9 Å². The fraction of sp³-hybridized carbons (Fsp3) is 0.214. The molecule has 10 nitrogen and oxygen atoms in total. The summed E-state index contributed by atoms with van der Waals surface area (Å²) >= 11 is 6.33. The Balaban J connectivity index is 1.19. The number of halogens is 2. The maximum absolute atomic E-state index is 15.3. The van der Waals surface area contributed by atoms with Crippen LogP contribution >= 0.6 is 11.6 Å². The topological polar surface area (TPSA) is 123 Å². The Labute approximate surface area is 230 Å². The Kier molecular flexibility index (Phi) is 4.90. The molecule has 3 atom stereocenters. The highest BCUT2D eigenvalue weighted by atomic mass is 35.5. The highest BCUT2D eigenvalue weighted by Crippen LogP contribution is 2.60. The molecular weight excluding hydrogens is 535 g/mol. The number of hydrogen-bond acceptors (Lipinski definition) is 6. The standard InChI is InChI=1S/C28H20ClFN8O2/c29-16-3-5-21(37-12-31-35-36-37)17(10-16)15-8-22-18-11-19(18)26(38(22)24(40)9-15)28-33-25(27(30)34-28)14-1-4-20-13(7-14)2-6-23(39)32-20/h1,3-5,7-10,12,18-19,26H,2,6,11H2,(H,32,39)(H,33,34). The molecule has 0 bridgehead atoms. The summed E-state index contributed by atoms with van der Waals surface area (Å²) in [4.78, 5) is 32.8. The van der Waals surface area contributed by atoms with Crippen molar-refractivity contribution in [2.24, 2.45) is 5.92 Å². The largest absolute Gasteiger partial charge is 0.326 e. The van der Waals surface area contributed by atoms with E-state index in [-0.39, 0.29) is 35.0 Å². The molecule has 5 aromatic rings. The number of rotatable bonds is 4. The van der Waals surface area contributed by atoms with Gasteiger partial charge in [0, 0.05) is 45.9 Å². The minimum Gasteiger partial charge on any atom is -0.326 e. The van der Waals surface area contributed by atoms with E-state index in [0.717, 1.165) is 28.9 Å². The molecule has 1 amide bonds. The summed E-state index contributed by atoms with van der Waals surface area (Å²) < 4.78 is 18.5. The Morgan fingerprint density at radius 1 is 1.02 bits per heavy atom. The number of nitrogens with one attached hydrogen (secondary N) is 2. The third-order valence-electron chi connectivity index (χ3n) is 8.10. The van der Waals surface area contributed by atoms with Crippen molar-refractivity contribution in [2.75, 3.05) is 5.32 Å². The number of hydrogen-bond donors (Lipinski definition) is 2. The summed E-state index contributed by atoms with van der Waals surface area (Å²) in [5, 5.41) is 14.8. The van der Waals surface area contributed by atoms with Crippen LogP contribution < -0.4 is 10.9 Å². The van der Waals surface area contributed by atoms with Gasteiger partial charge in [0.05, 0.1) is 11.7 Å². The van der Waals surface area contributed by atoms with Crippen LogP contribution in [0.4, 0.5) is 10.1 Å². The van der Waals surface area contributed by atoms with E-state index in [2.05, 4.69) is 30.8 Å². The fourth-order valence-corrected chi connectivity index (χ4v) is 6.37. The number of pyridine rings is 1. The van der Waals surface area contributed by atoms with Crippen LogP contribution in [0.15, 0.2) is 59.7 Å². The van der Waals surface area contributed by atoms with Crippen molar-refractivity contribution in [3.05, 3.63) is 93.3 Å². The first-order valence-electron chi connectivity index (χ1n) is 12.9. The van der Waals surface area contributed by atoms with Gasteiger partial charge in [0.25, 0.3) is 5.56 Å². The highest BCUT2D eigenvalue weighted by Gasteiger charge is 2.54. The van der Waals surface area contributed by atoms with Crippen LogP contribution in [-0.4, -0.2) is 40.6 Å². The number of amides is 1. The number of fused-ring (bicyclic) bond motifs is 4. The van der Waals surface area contributed by atoms with Crippen LogP contribution in [-0.2, 0) is 11.2 Å². The first-order chi connectivity index (χ1) is 19.4. The van der Waals surface area contributed by atoms with Crippen LogP contribution in [0.3, 0.4) is 0 Å². The summed E-state index contributed by atoms with van der Waals surface area (Å²) in [5.41, 5.74) is 5.35. The van der Waals surface area contributed by atoms with Gasteiger partial charge in [-0.15, -0.1) is 5.10 Å². The van der Waals surface area contributed by atoms with Gasteiger partial charge in [0.2, 0.25) is 11.9 Å².